The molecule has 0 saturated heterocycles. The van der Waals surface area contributed by atoms with E-state index in [9.17, 15) is 4.79 Å². The predicted molar refractivity (Wildman–Crippen MR) is 61.1 cm³/mol. The van der Waals surface area contributed by atoms with Crippen molar-refractivity contribution >= 4 is 11.5 Å². The van der Waals surface area contributed by atoms with Crippen LogP contribution in [0.3, 0.4) is 0 Å². The number of aromatic amines is 1. The zero-order valence-electron chi connectivity index (χ0n) is 8.74. The topological polar surface area (TPSA) is 71.8 Å². The molecular weight excluding hydrogens is 210 g/mol. The van der Waals surface area contributed by atoms with E-state index in [0.717, 1.165) is 17.4 Å². The van der Waals surface area contributed by atoms with E-state index >= 15 is 0 Å². The fourth-order valence-electron chi connectivity index (χ4n) is 2.47. The van der Waals surface area contributed by atoms with Gasteiger partial charge in [-0.15, -0.1) is 0 Å². The number of hydrogen-bond acceptors (Lipinski definition) is 4. The van der Waals surface area contributed by atoms with Crippen LogP contribution in [-0.4, -0.2) is 15.9 Å². The molecule has 1 heterocycles. The quantitative estimate of drug-likeness (QED) is 0.821. The molecule has 0 aromatic carbocycles. The van der Waals surface area contributed by atoms with Crippen LogP contribution in [0.4, 0.5) is 0 Å². The van der Waals surface area contributed by atoms with Crippen LogP contribution in [0.25, 0.3) is 0 Å². The summed E-state index contributed by atoms with van der Waals surface area (Å²) in [4.78, 5) is 13.8. The van der Waals surface area contributed by atoms with Crippen LogP contribution in [0.15, 0.2) is 4.79 Å². The molecule has 1 aromatic heterocycles. The molecule has 4 nitrogen and oxygen atoms in total. The van der Waals surface area contributed by atoms with Gasteiger partial charge in [0.2, 0.25) is 0 Å². The van der Waals surface area contributed by atoms with Crippen molar-refractivity contribution in [1.82, 2.24) is 9.36 Å². The Balaban J connectivity index is 2.12. The fraction of sp³-hybridized carbons (Fsp3) is 0.800. The number of nitrogens with one attached hydrogen (secondary N) is 1. The molecule has 84 valence electrons. The third-order valence-electron chi connectivity index (χ3n) is 3.28. The lowest BCUT2D eigenvalue weighted by Crippen LogP contribution is -2.25. The Bertz CT molecular complexity index is 354. The van der Waals surface area contributed by atoms with Gasteiger partial charge in [0.05, 0.1) is 0 Å². The summed E-state index contributed by atoms with van der Waals surface area (Å²) in [7, 11) is 0. The molecule has 1 atom stereocenters. The van der Waals surface area contributed by atoms with Gasteiger partial charge in [0.25, 0.3) is 0 Å². The molecule has 1 fully saturated rings. The monoisotopic (exact) mass is 227 g/mol. The van der Waals surface area contributed by atoms with Gasteiger partial charge in [0.15, 0.2) is 0 Å². The molecule has 0 bridgehead atoms. The van der Waals surface area contributed by atoms with E-state index in [1.165, 1.54) is 32.1 Å². The number of aromatic nitrogens is 2. The molecule has 0 spiro atoms. The number of rotatable bonds is 3. The third kappa shape index (κ3) is 2.46. The summed E-state index contributed by atoms with van der Waals surface area (Å²) in [6.45, 7) is 0.588. The predicted octanol–water partition coefficient (Wildman–Crippen LogP) is 1.45. The van der Waals surface area contributed by atoms with Crippen LogP contribution in [0.2, 0.25) is 0 Å². The molecular formula is C10H17N3OS. The molecule has 3 N–H and O–H groups in total. The summed E-state index contributed by atoms with van der Waals surface area (Å²) >= 11 is 0.995. The zero-order chi connectivity index (χ0) is 10.7. The first-order valence-electron chi connectivity index (χ1n) is 5.57. The first kappa shape index (κ1) is 10.8. The summed E-state index contributed by atoms with van der Waals surface area (Å²) in [5, 5.41) is 0. The van der Waals surface area contributed by atoms with Crippen LogP contribution >= 0.6 is 11.5 Å². The number of nitrogens with zero attached hydrogens (tertiary/aromatic N) is 1. The smallest absolute Gasteiger partial charge is 0.323 e. The first-order valence-corrected chi connectivity index (χ1v) is 6.34. The summed E-state index contributed by atoms with van der Waals surface area (Å²) in [6.07, 6.45) is 6.36. The van der Waals surface area contributed by atoms with E-state index in [1.807, 2.05) is 0 Å². The summed E-state index contributed by atoms with van der Waals surface area (Å²) < 4.78 is 4.16. The Labute approximate surface area is 93.1 Å². The maximum atomic E-state index is 11.1. The minimum Gasteiger partial charge on any atom is -0.330 e. The van der Waals surface area contributed by atoms with Crippen molar-refractivity contribution in [3.63, 3.8) is 0 Å². The van der Waals surface area contributed by atoms with Crippen LogP contribution in [0.1, 0.15) is 43.8 Å². The average Bonchev–Trinajstić information content (AvgIpc) is 2.68. The normalized spacial score (nSPS) is 20.3. The van der Waals surface area contributed by atoms with E-state index in [-0.39, 0.29) is 10.8 Å². The maximum Gasteiger partial charge on any atom is 0.323 e. The van der Waals surface area contributed by atoms with Crippen molar-refractivity contribution in [2.75, 3.05) is 6.54 Å². The Morgan fingerprint density at radius 2 is 2.20 bits per heavy atom. The number of nitrogens with two attached hydrogens (primary N) is 1. The Morgan fingerprint density at radius 3 is 2.73 bits per heavy atom. The van der Waals surface area contributed by atoms with Gasteiger partial charge in [0, 0.05) is 24.0 Å². The zero-order valence-corrected chi connectivity index (χ0v) is 9.55. The highest BCUT2D eigenvalue weighted by Crippen LogP contribution is 2.33. The van der Waals surface area contributed by atoms with Crippen LogP contribution in [-0.2, 0) is 0 Å². The second kappa shape index (κ2) is 4.90. The molecule has 1 aliphatic carbocycles. The third-order valence-corrected chi connectivity index (χ3v) is 3.84. The second-order valence-electron chi connectivity index (χ2n) is 4.22. The lowest BCUT2D eigenvalue weighted by atomic mass is 9.79. The van der Waals surface area contributed by atoms with E-state index < -0.39 is 0 Å². The van der Waals surface area contributed by atoms with E-state index in [4.69, 9.17) is 5.73 Å². The van der Waals surface area contributed by atoms with Crippen molar-refractivity contribution in [3.8, 4) is 0 Å². The molecule has 1 aliphatic rings. The average molecular weight is 227 g/mol. The van der Waals surface area contributed by atoms with Gasteiger partial charge >= 0.3 is 4.87 Å². The molecule has 15 heavy (non-hydrogen) atoms. The SMILES string of the molecule is NCC(c1nsc(=O)[nH]1)C1CCCCC1. The van der Waals surface area contributed by atoms with Gasteiger partial charge in [-0.2, -0.15) is 4.37 Å². The first-order chi connectivity index (χ1) is 7.31. The highest BCUT2D eigenvalue weighted by Gasteiger charge is 2.26. The van der Waals surface area contributed by atoms with Crippen LogP contribution in [0, 0.1) is 5.92 Å². The minimum absolute atomic E-state index is 0.0701. The van der Waals surface area contributed by atoms with Crippen molar-refractivity contribution in [2.45, 2.75) is 38.0 Å². The van der Waals surface area contributed by atoms with Crippen LogP contribution in [0.5, 0.6) is 0 Å². The van der Waals surface area contributed by atoms with Crippen molar-refractivity contribution < 1.29 is 0 Å². The summed E-state index contributed by atoms with van der Waals surface area (Å²) in [6, 6.07) is 0. The van der Waals surface area contributed by atoms with Crippen LogP contribution < -0.4 is 10.6 Å². The van der Waals surface area contributed by atoms with Gasteiger partial charge in [-0.1, -0.05) is 19.3 Å². The standard InChI is InChI=1S/C10H17N3OS/c11-6-8(7-4-2-1-3-5-7)9-12-10(14)15-13-9/h7-8H,1-6,11H2,(H,12,13,14). The Morgan fingerprint density at radius 1 is 1.47 bits per heavy atom. The van der Waals surface area contributed by atoms with Crippen molar-refractivity contribution in [1.29, 1.82) is 0 Å². The Kier molecular flexibility index (Phi) is 3.53. The maximum absolute atomic E-state index is 11.1. The second-order valence-corrected chi connectivity index (χ2v) is 4.96. The largest absolute Gasteiger partial charge is 0.330 e. The van der Waals surface area contributed by atoms with Gasteiger partial charge in [-0.05, 0) is 18.8 Å². The lowest BCUT2D eigenvalue weighted by Gasteiger charge is -2.27. The highest BCUT2D eigenvalue weighted by atomic mass is 32.1. The fourth-order valence-corrected chi connectivity index (χ4v) is 2.98. The number of H-pyrrole nitrogens is 1. The van der Waals surface area contributed by atoms with E-state index in [2.05, 4.69) is 9.36 Å². The molecule has 0 radical (unpaired) electrons. The van der Waals surface area contributed by atoms with E-state index in [1.54, 1.807) is 0 Å². The minimum atomic E-state index is -0.0701. The highest BCUT2D eigenvalue weighted by molar-refractivity contribution is 7.02. The van der Waals surface area contributed by atoms with Crippen molar-refractivity contribution in [3.05, 3.63) is 15.5 Å². The Hall–Kier alpha value is -0.680. The molecule has 0 amide bonds. The molecule has 5 heteroatoms. The molecule has 2 rings (SSSR count). The van der Waals surface area contributed by atoms with Gasteiger partial charge < -0.3 is 5.73 Å². The summed E-state index contributed by atoms with van der Waals surface area (Å²) in [5.74, 6) is 1.67. The molecule has 1 unspecified atom stereocenters. The molecule has 1 saturated carbocycles. The lowest BCUT2D eigenvalue weighted by molar-refractivity contribution is 0.301. The molecule has 1 aromatic rings. The van der Waals surface area contributed by atoms with E-state index in [0.29, 0.717) is 12.5 Å². The van der Waals surface area contributed by atoms with Gasteiger partial charge in [-0.25, -0.2) is 0 Å². The number of hydrogen-bond donors (Lipinski definition) is 2. The van der Waals surface area contributed by atoms with Gasteiger partial charge in [-0.3, -0.25) is 9.78 Å². The van der Waals surface area contributed by atoms with Gasteiger partial charge in [0.1, 0.15) is 5.82 Å². The summed E-state index contributed by atoms with van der Waals surface area (Å²) in [5.41, 5.74) is 5.79. The molecule has 0 aliphatic heterocycles. The van der Waals surface area contributed by atoms with Crippen molar-refractivity contribution in [2.24, 2.45) is 11.7 Å².